The van der Waals surface area contributed by atoms with Crippen LogP contribution in [0.2, 0.25) is 0 Å². The van der Waals surface area contributed by atoms with Gasteiger partial charge in [-0.25, -0.2) is 9.69 Å². The molecule has 3 aromatic heterocycles. The Hall–Kier alpha value is -2.04. The van der Waals surface area contributed by atoms with Crippen LogP contribution < -0.4 is 0 Å². The van der Waals surface area contributed by atoms with Crippen LogP contribution in [-0.2, 0) is 4.79 Å². The molecule has 1 saturated carbocycles. The zero-order chi connectivity index (χ0) is 19.6. The van der Waals surface area contributed by atoms with Gasteiger partial charge in [0.25, 0.3) is 5.91 Å². The standard InChI is InChI=1S/C19H20N6OS3/c26-18(12-29-19-20-22-23-24(19)13-5-1-2-6-13)25-15(17-8-4-10-28-17)11-14(21-25)16-7-3-9-27-16/h3-4,7-10,13,15H,1-2,5-6,11-12H2/t15-/m0/s1. The fourth-order valence-corrected chi connectivity index (χ4v) is 6.21. The number of hydrogen-bond acceptors (Lipinski definition) is 8. The van der Waals surface area contributed by atoms with E-state index < -0.39 is 0 Å². The molecule has 1 fully saturated rings. The van der Waals surface area contributed by atoms with Crippen LogP contribution in [0, 0.1) is 0 Å². The Labute approximate surface area is 180 Å². The third-order valence-electron chi connectivity index (χ3n) is 5.30. The molecule has 0 unspecified atom stereocenters. The topological polar surface area (TPSA) is 76.3 Å². The predicted molar refractivity (Wildman–Crippen MR) is 115 cm³/mol. The van der Waals surface area contributed by atoms with Crippen molar-refractivity contribution in [2.45, 2.75) is 49.3 Å². The highest BCUT2D eigenvalue weighted by atomic mass is 32.2. The quantitative estimate of drug-likeness (QED) is 0.527. The summed E-state index contributed by atoms with van der Waals surface area (Å²) in [5.74, 6) is 0.261. The molecule has 1 amide bonds. The van der Waals surface area contributed by atoms with Gasteiger partial charge in [0.1, 0.15) is 0 Å². The molecule has 7 nitrogen and oxygen atoms in total. The molecule has 2 aliphatic rings. The van der Waals surface area contributed by atoms with E-state index in [0.717, 1.165) is 39.9 Å². The van der Waals surface area contributed by atoms with Crippen molar-refractivity contribution >= 4 is 46.1 Å². The van der Waals surface area contributed by atoms with E-state index in [1.54, 1.807) is 27.7 Å². The minimum atomic E-state index is -0.0361. The van der Waals surface area contributed by atoms with Crippen LogP contribution in [-0.4, -0.2) is 42.6 Å². The van der Waals surface area contributed by atoms with Gasteiger partial charge in [-0.05, 0) is 46.2 Å². The molecule has 0 radical (unpaired) electrons. The van der Waals surface area contributed by atoms with Crippen molar-refractivity contribution in [3.63, 3.8) is 0 Å². The van der Waals surface area contributed by atoms with E-state index in [9.17, 15) is 4.79 Å². The fourth-order valence-electron chi connectivity index (χ4n) is 3.89. The lowest BCUT2D eigenvalue weighted by atomic mass is 10.1. The number of hydrogen-bond donors (Lipinski definition) is 0. The summed E-state index contributed by atoms with van der Waals surface area (Å²) in [7, 11) is 0. The molecule has 4 heterocycles. The number of carbonyl (C=O) groups excluding carboxylic acids is 1. The first kappa shape index (κ1) is 19.0. The molecule has 5 rings (SSSR count). The highest BCUT2D eigenvalue weighted by Crippen LogP contribution is 2.37. The number of thioether (sulfide) groups is 1. The molecule has 1 atom stereocenters. The summed E-state index contributed by atoms with van der Waals surface area (Å²) < 4.78 is 1.89. The van der Waals surface area contributed by atoms with E-state index in [1.165, 1.54) is 24.6 Å². The molecule has 0 bridgehead atoms. The molecule has 1 aliphatic carbocycles. The predicted octanol–water partition coefficient (Wildman–Crippen LogP) is 4.38. The van der Waals surface area contributed by atoms with Gasteiger partial charge in [-0.1, -0.05) is 36.7 Å². The first-order chi connectivity index (χ1) is 14.3. The molecule has 10 heteroatoms. The molecular weight excluding hydrogens is 424 g/mol. The number of nitrogens with zero attached hydrogens (tertiary/aromatic N) is 6. The summed E-state index contributed by atoms with van der Waals surface area (Å²) in [6.45, 7) is 0. The SMILES string of the molecule is O=C(CSc1nnnn1C1CCCC1)N1N=C(c2cccs2)C[C@H]1c1cccs1. The van der Waals surface area contributed by atoms with Gasteiger partial charge in [-0.2, -0.15) is 5.10 Å². The molecule has 0 aromatic carbocycles. The maximum atomic E-state index is 13.1. The third kappa shape index (κ3) is 3.88. The molecule has 150 valence electrons. The lowest BCUT2D eigenvalue weighted by molar-refractivity contribution is -0.130. The van der Waals surface area contributed by atoms with E-state index in [1.807, 2.05) is 27.6 Å². The van der Waals surface area contributed by atoms with Crippen LogP contribution in [0.1, 0.15) is 53.9 Å². The van der Waals surface area contributed by atoms with Crippen LogP contribution in [0.25, 0.3) is 0 Å². The monoisotopic (exact) mass is 444 g/mol. The van der Waals surface area contributed by atoms with E-state index in [2.05, 4.69) is 27.7 Å². The summed E-state index contributed by atoms with van der Waals surface area (Å²) >= 11 is 4.73. The Bertz CT molecular complexity index is 991. The second-order valence-corrected chi connectivity index (χ2v) is 10.0. The van der Waals surface area contributed by atoms with Gasteiger partial charge < -0.3 is 0 Å². The first-order valence-corrected chi connectivity index (χ1v) is 12.4. The van der Waals surface area contributed by atoms with Crippen LogP contribution in [0.3, 0.4) is 0 Å². The Morgan fingerprint density at radius 1 is 1.17 bits per heavy atom. The molecule has 0 spiro atoms. The Morgan fingerprint density at radius 3 is 2.76 bits per heavy atom. The fraction of sp³-hybridized carbons (Fsp3) is 0.421. The summed E-state index contributed by atoms with van der Waals surface area (Å²) in [5, 5.41) is 23.3. The second kappa shape index (κ2) is 8.37. The van der Waals surface area contributed by atoms with Crippen molar-refractivity contribution in [1.82, 2.24) is 25.2 Å². The molecule has 1 aliphatic heterocycles. The molecule has 0 saturated heterocycles. The number of amides is 1. The lowest BCUT2D eigenvalue weighted by Crippen LogP contribution is -2.28. The molecule has 0 N–H and O–H groups in total. The maximum absolute atomic E-state index is 13.1. The molecule has 29 heavy (non-hydrogen) atoms. The highest BCUT2D eigenvalue weighted by molar-refractivity contribution is 7.99. The van der Waals surface area contributed by atoms with E-state index in [4.69, 9.17) is 5.10 Å². The van der Waals surface area contributed by atoms with E-state index in [-0.39, 0.29) is 17.7 Å². The minimum Gasteiger partial charge on any atom is -0.272 e. The van der Waals surface area contributed by atoms with Crippen LogP contribution in [0.4, 0.5) is 0 Å². The average Bonchev–Trinajstić information content (AvgIpc) is 3.56. The number of hydrazone groups is 1. The number of thiophene rings is 2. The van der Waals surface area contributed by atoms with Crippen LogP contribution in [0.15, 0.2) is 45.3 Å². The lowest BCUT2D eigenvalue weighted by Gasteiger charge is -2.20. The Balaban J connectivity index is 1.32. The summed E-state index contributed by atoms with van der Waals surface area (Å²) in [5.41, 5.74) is 0.979. The van der Waals surface area contributed by atoms with E-state index in [0.29, 0.717) is 6.04 Å². The zero-order valence-electron chi connectivity index (χ0n) is 15.7. The van der Waals surface area contributed by atoms with Gasteiger partial charge in [-0.3, -0.25) is 4.79 Å². The second-order valence-electron chi connectivity index (χ2n) is 7.13. The third-order valence-corrected chi connectivity index (χ3v) is 8.11. The van der Waals surface area contributed by atoms with E-state index >= 15 is 0 Å². The maximum Gasteiger partial charge on any atom is 0.253 e. The van der Waals surface area contributed by atoms with Crippen molar-refractivity contribution in [3.05, 3.63) is 44.8 Å². The van der Waals surface area contributed by atoms with Gasteiger partial charge in [0.15, 0.2) is 0 Å². The summed E-state index contributed by atoms with van der Waals surface area (Å²) in [6.07, 6.45) is 5.38. The molecular formula is C19H20N6OS3. The van der Waals surface area contributed by atoms with Gasteiger partial charge in [-0.15, -0.1) is 27.8 Å². The first-order valence-electron chi connectivity index (χ1n) is 9.67. The summed E-state index contributed by atoms with van der Waals surface area (Å²) in [4.78, 5) is 15.4. The molecule has 3 aromatic rings. The van der Waals surface area contributed by atoms with Gasteiger partial charge in [0.2, 0.25) is 5.16 Å². The van der Waals surface area contributed by atoms with Crippen molar-refractivity contribution in [2.24, 2.45) is 5.10 Å². The number of carbonyl (C=O) groups is 1. The Kier molecular flexibility index (Phi) is 5.47. The van der Waals surface area contributed by atoms with Crippen LogP contribution in [0.5, 0.6) is 0 Å². The van der Waals surface area contributed by atoms with Crippen molar-refractivity contribution in [2.75, 3.05) is 5.75 Å². The van der Waals surface area contributed by atoms with Gasteiger partial charge in [0.05, 0.1) is 28.4 Å². The minimum absolute atomic E-state index is 0.0130. The van der Waals surface area contributed by atoms with Crippen molar-refractivity contribution < 1.29 is 4.79 Å². The number of aromatic nitrogens is 4. The number of rotatable bonds is 6. The van der Waals surface area contributed by atoms with Gasteiger partial charge in [0, 0.05) is 11.3 Å². The normalized spacial score (nSPS) is 19.8. The van der Waals surface area contributed by atoms with Crippen molar-refractivity contribution in [3.8, 4) is 0 Å². The van der Waals surface area contributed by atoms with Crippen molar-refractivity contribution in [1.29, 1.82) is 0 Å². The summed E-state index contributed by atoms with van der Waals surface area (Å²) in [6, 6.07) is 8.51. The average molecular weight is 445 g/mol. The number of tetrazole rings is 1. The van der Waals surface area contributed by atoms with Gasteiger partial charge >= 0.3 is 0 Å². The largest absolute Gasteiger partial charge is 0.272 e. The smallest absolute Gasteiger partial charge is 0.253 e. The zero-order valence-corrected chi connectivity index (χ0v) is 18.1. The van der Waals surface area contributed by atoms with Crippen LogP contribution >= 0.6 is 34.4 Å². The highest BCUT2D eigenvalue weighted by Gasteiger charge is 2.34. The Morgan fingerprint density at radius 2 is 2.00 bits per heavy atom.